The molecular formula is C9H9BrClF2NO. The van der Waals surface area contributed by atoms with E-state index in [1.165, 1.54) is 12.1 Å². The maximum absolute atomic E-state index is 12.1. The molecule has 1 rings (SSSR count). The average Bonchev–Trinajstić information content (AvgIpc) is 2.11. The highest BCUT2D eigenvalue weighted by molar-refractivity contribution is 9.10. The molecule has 1 N–H and O–H groups in total. The van der Waals surface area contributed by atoms with E-state index >= 15 is 0 Å². The molecule has 0 aliphatic rings. The van der Waals surface area contributed by atoms with Gasteiger partial charge in [-0.05, 0) is 35.0 Å². The third kappa shape index (κ3) is 3.50. The van der Waals surface area contributed by atoms with Crippen molar-refractivity contribution in [3.8, 4) is 5.75 Å². The first-order valence-electron chi connectivity index (χ1n) is 4.22. The molecule has 0 bridgehead atoms. The number of nitrogens with one attached hydrogen (secondary N) is 1. The minimum atomic E-state index is -2.86. The number of ether oxygens (including phenoxy) is 1. The maximum Gasteiger partial charge on any atom is 0.387 e. The number of benzene rings is 1. The third-order valence-corrected chi connectivity index (χ3v) is 2.39. The molecule has 0 spiro atoms. The minimum absolute atomic E-state index is 0.0660. The smallest absolute Gasteiger partial charge is 0.387 e. The summed E-state index contributed by atoms with van der Waals surface area (Å²) in [5.74, 6) is 0.0660. The lowest BCUT2D eigenvalue weighted by Crippen LogP contribution is -2.06. The Morgan fingerprint density at radius 3 is 2.73 bits per heavy atom. The van der Waals surface area contributed by atoms with E-state index in [2.05, 4.69) is 26.0 Å². The van der Waals surface area contributed by atoms with Gasteiger partial charge >= 0.3 is 6.61 Å². The van der Waals surface area contributed by atoms with Crippen LogP contribution in [-0.2, 0) is 0 Å². The zero-order valence-corrected chi connectivity index (χ0v) is 10.2. The number of rotatable bonds is 4. The predicted molar refractivity (Wildman–Crippen MR) is 59.9 cm³/mol. The fraction of sp³-hybridized carbons (Fsp3) is 0.333. The second-order valence-electron chi connectivity index (χ2n) is 2.67. The van der Waals surface area contributed by atoms with E-state index in [1.807, 2.05) is 6.92 Å². The molecular weight excluding hydrogens is 291 g/mol. The molecule has 0 saturated carbocycles. The Labute approximate surface area is 99.7 Å². The van der Waals surface area contributed by atoms with E-state index in [1.54, 1.807) is 0 Å². The van der Waals surface area contributed by atoms with Gasteiger partial charge < -0.3 is 10.1 Å². The quantitative estimate of drug-likeness (QED) is 0.902. The van der Waals surface area contributed by atoms with Gasteiger partial charge in [0.2, 0.25) is 0 Å². The minimum Gasteiger partial charge on any atom is -0.431 e. The first kappa shape index (κ1) is 12.5. The van der Waals surface area contributed by atoms with Crippen molar-refractivity contribution in [3.05, 3.63) is 21.6 Å². The van der Waals surface area contributed by atoms with Gasteiger partial charge in [0, 0.05) is 11.6 Å². The van der Waals surface area contributed by atoms with Gasteiger partial charge in [0.05, 0.1) is 10.2 Å². The van der Waals surface area contributed by atoms with Crippen molar-refractivity contribution < 1.29 is 13.5 Å². The summed E-state index contributed by atoms with van der Waals surface area (Å²) in [6, 6.07) is 3.04. The van der Waals surface area contributed by atoms with E-state index in [-0.39, 0.29) is 5.75 Å². The van der Waals surface area contributed by atoms with Crippen LogP contribution >= 0.6 is 27.5 Å². The Bertz CT molecular complexity index is 349. The SMILES string of the molecule is CCNc1cc(Cl)cc(Br)c1OC(F)F. The summed E-state index contributed by atoms with van der Waals surface area (Å²) in [6.07, 6.45) is 0. The molecule has 2 nitrogen and oxygen atoms in total. The maximum atomic E-state index is 12.1. The summed E-state index contributed by atoms with van der Waals surface area (Å²) in [6.45, 7) is -0.423. The molecule has 6 heteroatoms. The number of alkyl halides is 2. The van der Waals surface area contributed by atoms with Gasteiger partial charge in [0.15, 0.2) is 5.75 Å². The fourth-order valence-corrected chi connectivity index (χ4v) is 1.99. The van der Waals surface area contributed by atoms with Crippen LogP contribution in [0.2, 0.25) is 5.02 Å². The van der Waals surface area contributed by atoms with Crippen LogP contribution in [-0.4, -0.2) is 13.2 Å². The lowest BCUT2D eigenvalue weighted by Gasteiger charge is -2.13. The topological polar surface area (TPSA) is 21.3 Å². The Balaban J connectivity index is 3.08. The van der Waals surface area contributed by atoms with Crippen molar-refractivity contribution in [2.24, 2.45) is 0 Å². The van der Waals surface area contributed by atoms with E-state index in [4.69, 9.17) is 11.6 Å². The zero-order valence-electron chi connectivity index (χ0n) is 7.86. The fourth-order valence-electron chi connectivity index (χ4n) is 1.09. The molecule has 0 radical (unpaired) electrons. The lowest BCUT2D eigenvalue weighted by molar-refractivity contribution is -0.0498. The predicted octanol–water partition coefficient (Wildman–Crippen LogP) is 4.14. The highest BCUT2D eigenvalue weighted by Gasteiger charge is 2.14. The highest BCUT2D eigenvalue weighted by atomic mass is 79.9. The van der Waals surface area contributed by atoms with Crippen LogP contribution in [0.5, 0.6) is 5.75 Å². The first-order chi connectivity index (χ1) is 7.04. The van der Waals surface area contributed by atoms with Crippen LogP contribution in [0.1, 0.15) is 6.92 Å². The summed E-state index contributed by atoms with van der Waals surface area (Å²) in [7, 11) is 0. The zero-order chi connectivity index (χ0) is 11.4. The molecule has 0 fully saturated rings. The van der Waals surface area contributed by atoms with Gasteiger partial charge in [-0.2, -0.15) is 8.78 Å². The molecule has 0 amide bonds. The third-order valence-electron chi connectivity index (χ3n) is 1.58. The van der Waals surface area contributed by atoms with Crippen molar-refractivity contribution >= 4 is 33.2 Å². The van der Waals surface area contributed by atoms with Crippen molar-refractivity contribution in [1.82, 2.24) is 0 Å². The molecule has 0 saturated heterocycles. The number of hydrogen-bond donors (Lipinski definition) is 1. The normalized spacial score (nSPS) is 10.5. The van der Waals surface area contributed by atoms with E-state index in [9.17, 15) is 8.78 Å². The van der Waals surface area contributed by atoms with Gasteiger partial charge in [0.1, 0.15) is 0 Å². The van der Waals surface area contributed by atoms with Crippen LogP contribution < -0.4 is 10.1 Å². The Kier molecular flexibility index (Phi) is 4.60. The monoisotopic (exact) mass is 299 g/mol. The lowest BCUT2D eigenvalue weighted by atomic mass is 10.3. The van der Waals surface area contributed by atoms with Crippen LogP contribution in [0.25, 0.3) is 0 Å². The molecule has 0 aliphatic heterocycles. The van der Waals surface area contributed by atoms with E-state index in [0.717, 1.165) is 0 Å². The Morgan fingerprint density at radius 2 is 2.20 bits per heavy atom. The van der Waals surface area contributed by atoms with Gasteiger partial charge in [-0.25, -0.2) is 0 Å². The van der Waals surface area contributed by atoms with Gasteiger partial charge in [-0.15, -0.1) is 0 Å². The number of anilines is 1. The van der Waals surface area contributed by atoms with Gasteiger partial charge in [-0.3, -0.25) is 0 Å². The van der Waals surface area contributed by atoms with Crippen molar-refractivity contribution in [2.75, 3.05) is 11.9 Å². The molecule has 0 aliphatic carbocycles. The second kappa shape index (κ2) is 5.51. The molecule has 1 aromatic carbocycles. The van der Waals surface area contributed by atoms with Gasteiger partial charge in [-0.1, -0.05) is 11.6 Å². The molecule has 0 aromatic heterocycles. The van der Waals surface area contributed by atoms with E-state index < -0.39 is 6.61 Å². The molecule has 15 heavy (non-hydrogen) atoms. The van der Waals surface area contributed by atoms with Crippen LogP contribution in [0, 0.1) is 0 Å². The molecule has 0 heterocycles. The average molecular weight is 301 g/mol. The summed E-state index contributed by atoms with van der Waals surface area (Å²) >= 11 is 8.89. The standard InChI is InChI=1S/C9H9BrClF2NO/c1-2-14-7-4-5(11)3-6(10)8(7)15-9(12)13/h3-4,9,14H,2H2,1H3. The Hall–Kier alpha value is -0.550. The summed E-state index contributed by atoms with van der Waals surface area (Å²) in [4.78, 5) is 0. The molecule has 0 unspecified atom stereocenters. The van der Waals surface area contributed by atoms with Crippen molar-refractivity contribution in [2.45, 2.75) is 13.5 Å². The summed E-state index contributed by atoms with van der Waals surface area (Å²) in [5.41, 5.74) is 0.442. The number of hydrogen-bond acceptors (Lipinski definition) is 2. The van der Waals surface area contributed by atoms with E-state index in [0.29, 0.717) is 21.7 Å². The van der Waals surface area contributed by atoms with Crippen LogP contribution in [0.4, 0.5) is 14.5 Å². The molecule has 0 atom stereocenters. The Morgan fingerprint density at radius 1 is 1.53 bits per heavy atom. The van der Waals surface area contributed by atoms with Gasteiger partial charge in [0.25, 0.3) is 0 Å². The summed E-state index contributed by atoms with van der Waals surface area (Å²) < 4.78 is 29.0. The highest BCUT2D eigenvalue weighted by Crippen LogP contribution is 2.37. The first-order valence-corrected chi connectivity index (χ1v) is 5.39. The van der Waals surface area contributed by atoms with Crippen LogP contribution in [0.15, 0.2) is 16.6 Å². The van der Waals surface area contributed by atoms with Crippen molar-refractivity contribution in [3.63, 3.8) is 0 Å². The second-order valence-corrected chi connectivity index (χ2v) is 3.96. The molecule has 84 valence electrons. The van der Waals surface area contributed by atoms with Crippen molar-refractivity contribution in [1.29, 1.82) is 0 Å². The largest absolute Gasteiger partial charge is 0.431 e. The van der Waals surface area contributed by atoms with Crippen LogP contribution in [0.3, 0.4) is 0 Å². The molecule has 1 aromatic rings. The summed E-state index contributed by atoms with van der Waals surface area (Å²) in [5, 5.41) is 3.33. The number of halogens is 4.